The molecule has 0 radical (unpaired) electrons. The van der Waals surface area contributed by atoms with Gasteiger partial charge in [0.25, 0.3) is 0 Å². The third-order valence-corrected chi connectivity index (χ3v) is 2.55. The summed E-state index contributed by atoms with van der Waals surface area (Å²) in [6, 6.07) is 0. The largest absolute Gasteiger partial charge is 0.393 e. The van der Waals surface area contributed by atoms with E-state index in [4.69, 9.17) is 0 Å². The number of carbonyl (C=O) groups excluding carboxylic acids is 1. The molecule has 0 amide bonds. The van der Waals surface area contributed by atoms with Crippen LogP contribution in [0.15, 0.2) is 11.6 Å². The lowest BCUT2D eigenvalue weighted by Gasteiger charge is -2.11. The Morgan fingerprint density at radius 2 is 2.00 bits per heavy atom. The van der Waals surface area contributed by atoms with E-state index in [0.717, 1.165) is 32.0 Å². The molecule has 2 unspecified atom stereocenters. The average Bonchev–Trinajstić information content (AvgIpc) is 2.13. The van der Waals surface area contributed by atoms with Gasteiger partial charge in [-0.3, -0.25) is 0 Å². The number of allylic oxidation sites excluding steroid dienone is 2. The van der Waals surface area contributed by atoms with Crippen LogP contribution in [0.3, 0.4) is 0 Å². The second-order valence-corrected chi connectivity index (χ2v) is 4.52. The van der Waals surface area contributed by atoms with Gasteiger partial charge in [-0.25, -0.2) is 0 Å². The summed E-state index contributed by atoms with van der Waals surface area (Å²) >= 11 is 0. The van der Waals surface area contributed by atoms with Crippen LogP contribution >= 0.6 is 0 Å². The van der Waals surface area contributed by atoms with Crippen molar-refractivity contribution >= 4 is 6.29 Å². The number of hydrogen-bond acceptors (Lipinski definition) is 2. The Kier molecular flexibility index (Phi) is 8.30. The summed E-state index contributed by atoms with van der Waals surface area (Å²) < 4.78 is 0. The molecule has 0 aromatic heterocycles. The van der Waals surface area contributed by atoms with E-state index >= 15 is 0 Å². The first-order chi connectivity index (χ1) is 7.06. The van der Waals surface area contributed by atoms with Gasteiger partial charge in [0.05, 0.1) is 6.10 Å². The Labute approximate surface area is 93.4 Å². The van der Waals surface area contributed by atoms with Gasteiger partial charge in [0, 0.05) is 6.42 Å². The predicted molar refractivity (Wildman–Crippen MR) is 63.8 cm³/mol. The Bertz CT molecular complexity index is 195. The van der Waals surface area contributed by atoms with Gasteiger partial charge in [0.2, 0.25) is 0 Å². The fourth-order valence-electron chi connectivity index (χ4n) is 1.70. The summed E-state index contributed by atoms with van der Waals surface area (Å²) in [5.74, 6) is 0.570. The summed E-state index contributed by atoms with van der Waals surface area (Å²) in [6.45, 7) is 6.08. The number of carbonyl (C=O) groups is 1. The van der Waals surface area contributed by atoms with Crippen molar-refractivity contribution in [2.24, 2.45) is 5.92 Å². The smallest absolute Gasteiger partial charge is 0.120 e. The van der Waals surface area contributed by atoms with Crippen LogP contribution in [0.5, 0.6) is 0 Å². The third-order valence-electron chi connectivity index (χ3n) is 2.55. The molecular formula is C13H24O2. The molecule has 2 heteroatoms. The van der Waals surface area contributed by atoms with Crippen molar-refractivity contribution in [1.82, 2.24) is 0 Å². The maximum Gasteiger partial charge on any atom is 0.120 e. The molecule has 88 valence electrons. The van der Waals surface area contributed by atoms with Crippen LogP contribution in [0.2, 0.25) is 0 Å². The molecule has 0 aromatic rings. The van der Waals surface area contributed by atoms with E-state index in [0.29, 0.717) is 12.3 Å². The topological polar surface area (TPSA) is 37.3 Å². The van der Waals surface area contributed by atoms with Crippen LogP contribution in [-0.2, 0) is 4.79 Å². The van der Waals surface area contributed by atoms with Crippen molar-refractivity contribution in [3.05, 3.63) is 11.6 Å². The Balaban J connectivity index is 3.61. The molecule has 0 aliphatic heterocycles. The normalized spacial score (nSPS) is 16.1. The highest BCUT2D eigenvalue weighted by Gasteiger charge is 2.04. The first kappa shape index (κ1) is 14.4. The van der Waals surface area contributed by atoms with E-state index in [1.165, 1.54) is 5.57 Å². The fourth-order valence-corrected chi connectivity index (χ4v) is 1.70. The maximum atomic E-state index is 10.2. The zero-order valence-corrected chi connectivity index (χ0v) is 10.2. The summed E-state index contributed by atoms with van der Waals surface area (Å²) in [5.41, 5.74) is 1.30. The van der Waals surface area contributed by atoms with Crippen LogP contribution in [0, 0.1) is 5.92 Å². The summed E-state index contributed by atoms with van der Waals surface area (Å²) in [4.78, 5) is 10.2. The van der Waals surface area contributed by atoms with Gasteiger partial charge in [-0.2, -0.15) is 0 Å². The lowest BCUT2D eigenvalue weighted by atomic mass is 9.98. The fraction of sp³-hybridized carbons (Fsp3) is 0.769. The summed E-state index contributed by atoms with van der Waals surface area (Å²) in [7, 11) is 0. The molecule has 0 fully saturated rings. The standard InChI is InChI=1S/C13H24O2/c1-11(8-5-9-14)6-4-7-12(2)10-13(3)15/h6,9,12-13,15H,4-5,7-8,10H2,1-3H3/b11-6+. The Morgan fingerprint density at radius 1 is 1.33 bits per heavy atom. The van der Waals surface area contributed by atoms with Gasteiger partial charge in [-0.1, -0.05) is 18.6 Å². The van der Waals surface area contributed by atoms with Crippen molar-refractivity contribution in [3.63, 3.8) is 0 Å². The molecule has 0 heterocycles. The molecule has 15 heavy (non-hydrogen) atoms. The van der Waals surface area contributed by atoms with Crippen molar-refractivity contribution in [3.8, 4) is 0 Å². The molecular weight excluding hydrogens is 188 g/mol. The molecule has 1 N–H and O–H groups in total. The van der Waals surface area contributed by atoms with Crippen molar-refractivity contribution in [2.75, 3.05) is 0 Å². The van der Waals surface area contributed by atoms with E-state index in [9.17, 15) is 9.90 Å². The van der Waals surface area contributed by atoms with Gasteiger partial charge in [0.1, 0.15) is 6.29 Å². The maximum absolute atomic E-state index is 10.2. The SMILES string of the molecule is C/C(=C\CCC(C)CC(C)O)CCC=O. The van der Waals surface area contributed by atoms with E-state index in [-0.39, 0.29) is 6.10 Å². The zero-order valence-electron chi connectivity index (χ0n) is 10.2. The Morgan fingerprint density at radius 3 is 2.53 bits per heavy atom. The van der Waals surface area contributed by atoms with Crippen molar-refractivity contribution < 1.29 is 9.90 Å². The molecule has 0 aliphatic rings. The first-order valence-electron chi connectivity index (χ1n) is 5.83. The van der Waals surface area contributed by atoms with E-state index < -0.39 is 0 Å². The first-order valence-corrected chi connectivity index (χ1v) is 5.83. The molecule has 0 aromatic carbocycles. The minimum Gasteiger partial charge on any atom is -0.393 e. The van der Waals surface area contributed by atoms with Crippen molar-refractivity contribution in [2.45, 2.75) is 59.0 Å². The number of aliphatic hydroxyl groups excluding tert-OH is 1. The Hall–Kier alpha value is -0.630. The minimum atomic E-state index is -0.194. The van der Waals surface area contributed by atoms with Gasteiger partial charge >= 0.3 is 0 Å². The second-order valence-electron chi connectivity index (χ2n) is 4.52. The lowest BCUT2D eigenvalue weighted by Crippen LogP contribution is -2.06. The third kappa shape index (κ3) is 9.67. The van der Waals surface area contributed by atoms with Crippen LogP contribution < -0.4 is 0 Å². The molecule has 0 bridgehead atoms. The minimum absolute atomic E-state index is 0.194. The monoisotopic (exact) mass is 212 g/mol. The van der Waals surface area contributed by atoms with Crippen LogP contribution in [0.4, 0.5) is 0 Å². The quantitative estimate of drug-likeness (QED) is 0.496. The lowest BCUT2D eigenvalue weighted by molar-refractivity contribution is -0.107. The van der Waals surface area contributed by atoms with Crippen molar-refractivity contribution in [1.29, 1.82) is 0 Å². The van der Waals surface area contributed by atoms with Crippen LogP contribution in [0.1, 0.15) is 52.9 Å². The highest BCUT2D eigenvalue weighted by molar-refractivity contribution is 5.49. The second kappa shape index (κ2) is 8.66. The molecule has 0 saturated carbocycles. The zero-order chi connectivity index (χ0) is 11.7. The van der Waals surface area contributed by atoms with Crippen LogP contribution in [-0.4, -0.2) is 17.5 Å². The molecule has 2 nitrogen and oxygen atoms in total. The van der Waals surface area contributed by atoms with E-state index in [1.54, 1.807) is 0 Å². The molecule has 0 spiro atoms. The molecule has 0 saturated heterocycles. The molecule has 0 aliphatic carbocycles. The number of aliphatic hydroxyl groups is 1. The molecule has 0 rings (SSSR count). The highest BCUT2D eigenvalue weighted by Crippen LogP contribution is 2.14. The average molecular weight is 212 g/mol. The molecule has 2 atom stereocenters. The number of hydrogen-bond donors (Lipinski definition) is 1. The predicted octanol–water partition coefficient (Wildman–Crippen LogP) is 3.10. The van der Waals surface area contributed by atoms with Crippen LogP contribution in [0.25, 0.3) is 0 Å². The number of rotatable bonds is 8. The van der Waals surface area contributed by atoms with Gasteiger partial charge in [0.15, 0.2) is 0 Å². The highest BCUT2D eigenvalue weighted by atomic mass is 16.3. The van der Waals surface area contributed by atoms with E-state index in [1.807, 2.05) is 6.92 Å². The van der Waals surface area contributed by atoms with Gasteiger partial charge < -0.3 is 9.90 Å². The summed E-state index contributed by atoms with van der Waals surface area (Å²) in [6.07, 6.45) is 7.54. The van der Waals surface area contributed by atoms with E-state index in [2.05, 4.69) is 19.9 Å². The van der Waals surface area contributed by atoms with Gasteiger partial charge in [-0.05, 0) is 45.4 Å². The summed E-state index contributed by atoms with van der Waals surface area (Å²) in [5, 5.41) is 9.19. The van der Waals surface area contributed by atoms with Gasteiger partial charge in [-0.15, -0.1) is 0 Å². The number of aldehydes is 1.